The van der Waals surface area contributed by atoms with Gasteiger partial charge in [0.15, 0.2) is 0 Å². The van der Waals surface area contributed by atoms with E-state index < -0.39 is 6.09 Å². The monoisotopic (exact) mass is 248 g/mol. The van der Waals surface area contributed by atoms with E-state index in [1.54, 1.807) is 0 Å². The molecule has 0 aliphatic carbocycles. The van der Waals surface area contributed by atoms with Crippen LogP contribution < -0.4 is 5.32 Å². The number of benzene rings is 1. The van der Waals surface area contributed by atoms with Crippen LogP contribution in [0.2, 0.25) is 0 Å². The minimum absolute atomic E-state index is 0.0339. The molecule has 0 radical (unpaired) electrons. The van der Waals surface area contributed by atoms with Crippen LogP contribution >= 0.6 is 0 Å². The first-order valence-electron chi connectivity index (χ1n) is 5.85. The maximum absolute atomic E-state index is 11.8. The van der Waals surface area contributed by atoms with Gasteiger partial charge in [0.1, 0.15) is 13.2 Å². The molecule has 2 amide bonds. The summed E-state index contributed by atoms with van der Waals surface area (Å²) in [7, 11) is 0. The van der Waals surface area contributed by atoms with Gasteiger partial charge in [-0.15, -0.1) is 0 Å². The van der Waals surface area contributed by atoms with Gasteiger partial charge in [0.2, 0.25) is 5.91 Å². The van der Waals surface area contributed by atoms with Gasteiger partial charge in [-0.3, -0.25) is 9.69 Å². The molecule has 0 atom stereocenters. The Hall–Kier alpha value is -2.04. The standard InChI is InChI=1S/C13H16N2O3/c1-9-3-4-11(10(2)7-9)14-12(16)8-15-5-6-18-13(15)17/h3-4,7H,5-6,8H2,1-2H3,(H,14,16). The Labute approximate surface area is 106 Å². The van der Waals surface area contributed by atoms with Crippen molar-refractivity contribution >= 4 is 17.7 Å². The molecular formula is C13H16N2O3. The van der Waals surface area contributed by atoms with Gasteiger partial charge in [-0.25, -0.2) is 4.79 Å². The van der Waals surface area contributed by atoms with E-state index in [2.05, 4.69) is 5.32 Å². The number of aryl methyl sites for hydroxylation is 2. The number of nitrogens with one attached hydrogen (secondary N) is 1. The van der Waals surface area contributed by atoms with Gasteiger partial charge in [-0.1, -0.05) is 17.7 Å². The second-order valence-corrected chi connectivity index (χ2v) is 4.40. The number of amides is 2. The summed E-state index contributed by atoms with van der Waals surface area (Å²) < 4.78 is 4.76. The number of carbonyl (C=O) groups excluding carboxylic acids is 2. The van der Waals surface area contributed by atoms with Gasteiger partial charge in [-0.2, -0.15) is 0 Å². The molecule has 1 N–H and O–H groups in total. The van der Waals surface area contributed by atoms with Crippen LogP contribution in [0.15, 0.2) is 18.2 Å². The molecular weight excluding hydrogens is 232 g/mol. The van der Waals surface area contributed by atoms with E-state index in [1.165, 1.54) is 4.90 Å². The summed E-state index contributed by atoms with van der Waals surface area (Å²) in [5.41, 5.74) is 2.93. The Morgan fingerprint density at radius 2 is 2.22 bits per heavy atom. The minimum Gasteiger partial charge on any atom is -0.448 e. The molecule has 1 aromatic rings. The van der Waals surface area contributed by atoms with Crippen molar-refractivity contribution in [2.45, 2.75) is 13.8 Å². The molecule has 5 heteroatoms. The third-order valence-corrected chi connectivity index (χ3v) is 2.84. The first-order chi connectivity index (χ1) is 8.56. The van der Waals surface area contributed by atoms with Gasteiger partial charge in [0, 0.05) is 5.69 Å². The van der Waals surface area contributed by atoms with Crippen molar-refractivity contribution in [3.8, 4) is 0 Å². The van der Waals surface area contributed by atoms with Crippen molar-refractivity contribution in [1.29, 1.82) is 0 Å². The Bertz CT molecular complexity index is 485. The smallest absolute Gasteiger partial charge is 0.410 e. The van der Waals surface area contributed by atoms with Crippen LogP contribution in [0.3, 0.4) is 0 Å². The van der Waals surface area contributed by atoms with Crippen LogP contribution in [0, 0.1) is 13.8 Å². The van der Waals surface area contributed by atoms with Crippen molar-refractivity contribution in [1.82, 2.24) is 4.90 Å². The quantitative estimate of drug-likeness (QED) is 0.885. The highest BCUT2D eigenvalue weighted by Gasteiger charge is 2.24. The molecule has 0 spiro atoms. The van der Waals surface area contributed by atoms with Crippen LogP contribution in [0.5, 0.6) is 0 Å². The molecule has 1 aromatic carbocycles. The molecule has 1 saturated heterocycles. The Morgan fingerprint density at radius 1 is 1.44 bits per heavy atom. The third kappa shape index (κ3) is 2.80. The average Bonchev–Trinajstić information content (AvgIpc) is 2.69. The predicted molar refractivity (Wildman–Crippen MR) is 67.5 cm³/mol. The number of anilines is 1. The number of hydrogen-bond acceptors (Lipinski definition) is 3. The minimum atomic E-state index is -0.425. The summed E-state index contributed by atoms with van der Waals surface area (Å²) in [4.78, 5) is 24.4. The maximum atomic E-state index is 11.8. The zero-order chi connectivity index (χ0) is 13.1. The van der Waals surface area contributed by atoms with Crippen molar-refractivity contribution in [3.05, 3.63) is 29.3 Å². The highest BCUT2D eigenvalue weighted by molar-refractivity contribution is 5.94. The zero-order valence-electron chi connectivity index (χ0n) is 10.5. The van der Waals surface area contributed by atoms with E-state index in [9.17, 15) is 9.59 Å². The summed E-state index contributed by atoms with van der Waals surface area (Å²) in [6, 6.07) is 5.80. The number of hydrogen-bond donors (Lipinski definition) is 1. The van der Waals surface area contributed by atoms with E-state index in [0.717, 1.165) is 16.8 Å². The van der Waals surface area contributed by atoms with Crippen LogP contribution in [-0.4, -0.2) is 36.6 Å². The normalized spacial score (nSPS) is 14.6. The van der Waals surface area contributed by atoms with Gasteiger partial charge in [0.05, 0.1) is 6.54 Å². The Kier molecular flexibility index (Phi) is 3.50. The fourth-order valence-corrected chi connectivity index (χ4v) is 1.89. The largest absolute Gasteiger partial charge is 0.448 e. The lowest BCUT2D eigenvalue weighted by Crippen LogP contribution is -2.33. The van der Waals surface area contributed by atoms with Crippen molar-refractivity contribution in [2.24, 2.45) is 0 Å². The van der Waals surface area contributed by atoms with Gasteiger partial charge >= 0.3 is 6.09 Å². The molecule has 1 aliphatic heterocycles. The lowest BCUT2D eigenvalue weighted by atomic mass is 10.1. The van der Waals surface area contributed by atoms with E-state index in [1.807, 2.05) is 32.0 Å². The van der Waals surface area contributed by atoms with Crippen LogP contribution in [0.1, 0.15) is 11.1 Å². The Balaban J connectivity index is 1.96. The second-order valence-electron chi connectivity index (χ2n) is 4.40. The van der Waals surface area contributed by atoms with Crippen molar-refractivity contribution < 1.29 is 14.3 Å². The lowest BCUT2D eigenvalue weighted by molar-refractivity contribution is -0.116. The van der Waals surface area contributed by atoms with Gasteiger partial charge in [-0.05, 0) is 25.5 Å². The number of nitrogens with zero attached hydrogens (tertiary/aromatic N) is 1. The predicted octanol–water partition coefficient (Wildman–Crippen LogP) is 1.69. The molecule has 5 nitrogen and oxygen atoms in total. The number of cyclic esters (lactones) is 1. The molecule has 18 heavy (non-hydrogen) atoms. The second kappa shape index (κ2) is 5.08. The fourth-order valence-electron chi connectivity index (χ4n) is 1.89. The molecule has 0 aromatic heterocycles. The van der Waals surface area contributed by atoms with Crippen LogP contribution in [0.4, 0.5) is 10.5 Å². The summed E-state index contributed by atoms with van der Waals surface area (Å²) in [5, 5.41) is 2.80. The molecule has 2 rings (SSSR count). The zero-order valence-corrected chi connectivity index (χ0v) is 10.5. The van der Waals surface area contributed by atoms with Crippen LogP contribution in [-0.2, 0) is 9.53 Å². The molecule has 1 aliphatic rings. The summed E-state index contributed by atoms with van der Waals surface area (Å²) in [5.74, 6) is -0.208. The Morgan fingerprint density at radius 3 is 2.83 bits per heavy atom. The molecule has 96 valence electrons. The molecule has 1 fully saturated rings. The highest BCUT2D eigenvalue weighted by atomic mass is 16.6. The summed E-state index contributed by atoms with van der Waals surface area (Å²) in [6.45, 7) is 4.80. The average molecular weight is 248 g/mol. The SMILES string of the molecule is Cc1ccc(NC(=O)CN2CCOC2=O)c(C)c1. The first-order valence-corrected chi connectivity index (χ1v) is 5.85. The summed E-state index contributed by atoms with van der Waals surface area (Å²) in [6.07, 6.45) is -0.425. The first kappa shape index (κ1) is 12.4. The maximum Gasteiger partial charge on any atom is 0.410 e. The molecule has 0 saturated carbocycles. The topological polar surface area (TPSA) is 58.6 Å². The third-order valence-electron chi connectivity index (χ3n) is 2.84. The molecule has 0 unspecified atom stereocenters. The van der Waals surface area contributed by atoms with Gasteiger partial charge < -0.3 is 10.1 Å². The number of rotatable bonds is 3. The van der Waals surface area contributed by atoms with Gasteiger partial charge in [0.25, 0.3) is 0 Å². The van der Waals surface area contributed by atoms with E-state index >= 15 is 0 Å². The number of carbonyl (C=O) groups is 2. The summed E-state index contributed by atoms with van der Waals surface area (Å²) >= 11 is 0. The van der Waals surface area contributed by atoms with E-state index in [-0.39, 0.29) is 12.5 Å². The molecule has 1 heterocycles. The van der Waals surface area contributed by atoms with Crippen molar-refractivity contribution in [3.63, 3.8) is 0 Å². The highest BCUT2D eigenvalue weighted by Crippen LogP contribution is 2.16. The fraction of sp³-hybridized carbons (Fsp3) is 0.385. The number of ether oxygens (including phenoxy) is 1. The van der Waals surface area contributed by atoms with Crippen molar-refractivity contribution in [2.75, 3.05) is 25.0 Å². The van der Waals surface area contributed by atoms with Crippen LogP contribution in [0.25, 0.3) is 0 Å². The van der Waals surface area contributed by atoms with E-state index in [0.29, 0.717) is 13.2 Å². The lowest BCUT2D eigenvalue weighted by Gasteiger charge is -2.13. The molecule has 0 bridgehead atoms. The van der Waals surface area contributed by atoms with E-state index in [4.69, 9.17) is 4.74 Å².